The summed E-state index contributed by atoms with van der Waals surface area (Å²) in [7, 11) is 1.43. The van der Waals surface area contributed by atoms with E-state index in [-0.39, 0.29) is 23.8 Å². The maximum atomic E-state index is 12.3. The van der Waals surface area contributed by atoms with Crippen LogP contribution in [0.2, 0.25) is 0 Å². The zero-order valence-electron chi connectivity index (χ0n) is 13.9. The predicted octanol–water partition coefficient (Wildman–Crippen LogP) is 3.51. The first-order chi connectivity index (χ1) is 12.0. The van der Waals surface area contributed by atoms with Crippen LogP contribution in [0.5, 0.6) is 5.75 Å². The maximum Gasteiger partial charge on any atom is 0.296 e. The average molecular weight is 339 g/mol. The van der Waals surface area contributed by atoms with Gasteiger partial charge in [0.1, 0.15) is 18.0 Å². The molecule has 0 atom stereocenters. The number of ether oxygens (including phenoxy) is 1. The van der Waals surface area contributed by atoms with Crippen molar-refractivity contribution in [1.82, 2.24) is 4.57 Å². The van der Waals surface area contributed by atoms with Crippen LogP contribution in [0, 0.1) is 17.0 Å². The van der Waals surface area contributed by atoms with Crippen molar-refractivity contribution in [2.75, 3.05) is 12.4 Å². The molecule has 0 fully saturated rings. The summed E-state index contributed by atoms with van der Waals surface area (Å²) < 4.78 is 6.79. The van der Waals surface area contributed by atoms with E-state index in [4.69, 9.17) is 4.74 Å². The van der Waals surface area contributed by atoms with Crippen molar-refractivity contribution in [3.63, 3.8) is 0 Å². The number of rotatable bonds is 5. The fraction of sp³-hybridized carbons (Fsp3) is 0.167. The summed E-state index contributed by atoms with van der Waals surface area (Å²) in [5, 5.41) is 14.8. The van der Waals surface area contributed by atoms with Crippen LogP contribution in [0.4, 0.5) is 11.4 Å². The molecule has 2 aromatic carbocycles. The lowest BCUT2D eigenvalue weighted by Gasteiger charge is -2.09. The van der Waals surface area contributed by atoms with Crippen molar-refractivity contribution in [2.24, 2.45) is 0 Å². The first-order valence-electron chi connectivity index (χ1n) is 7.65. The van der Waals surface area contributed by atoms with E-state index in [0.717, 1.165) is 16.5 Å². The van der Waals surface area contributed by atoms with Gasteiger partial charge >= 0.3 is 0 Å². The van der Waals surface area contributed by atoms with E-state index in [9.17, 15) is 14.9 Å². The topological polar surface area (TPSA) is 86.4 Å². The summed E-state index contributed by atoms with van der Waals surface area (Å²) in [6.45, 7) is 2.07. The molecule has 3 rings (SSSR count). The van der Waals surface area contributed by atoms with Crippen LogP contribution in [0.15, 0.2) is 48.7 Å². The van der Waals surface area contributed by atoms with Gasteiger partial charge in [-0.25, -0.2) is 0 Å². The monoisotopic (exact) mass is 339 g/mol. The molecular weight excluding hydrogens is 322 g/mol. The quantitative estimate of drug-likeness (QED) is 0.569. The van der Waals surface area contributed by atoms with E-state index >= 15 is 0 Å². The molecule has 0 saturated heterocycles. The Morgan fingerprint density at radius 1 is 1.24 bits per heavy atom. The number of nitrogens with zero attached hydrogens (tertiary/aromatic N) is 2. The second-order valence-electron chi connectivity index (χ2n) is 5.69. The Labute approximate surface area is 144 Å². The molecule has 0 aliphatic rings. The Hall–Kier alpha value is -3.35. The number of amides is 1. The number of methoxy groups -OCH3 is 1. The average Bonchev–Trinajstić information content (AvgIpc) is 2.96. The second-order valence-corrected chi connectivity index (χ2v) is 5.69. The molecule has 1 heterocycles. The van der Waals surface area contributed by atoms with E-state index in [1.54, 1.807) is 10.6 Å². The third-order valence-corrected chi connectivity index (χ3v) is 3.92. The Balaban J connectivity index is 1.81. The summed E-state index contributed by atoms with van der Waals surface area (Å²) in [5.74, 6) is 0.0165. The number of anilines is 1. The van der Waals surface area contributed by atoms with Crippen LogP contribution < -0.4 is 10.1 Å². The zero-order valence-corrected chi connectivity index (χ0v) is 13.9. The van der Waals surface area contributed by atoms with Gasteiger partial charge in [0, 0.05) is 11.7 Å². The van der Waals surface area contributed by atoms with Crippen LogP contribution in [0.1, 0.15) is 5.56 Å². The highest BCUT2D eigenvalue weighted by Crippen LogP contribution is 2.29. The maximum absolute atomic E-state index is 12.3. The Kier molecular flexibility index (Phi) is 4.38. The lowest BCUT2D eigenvalue weighted by atomic mass is 10.2. The molecule has 1 N–H and O–H groups in total. The largest absolute Gasteiger partial charge is 0.496 e. The van der Waals surface area contributed by atoms with Crippen LogP contribution in [-0.4, -0.2) is 22.5 Å². The van der Waals surface area contributed by atoms with E-state index < -0.39 is 4.92 Å². The van der Waals surface area contributed by atoms with E-state index in [1.165, 1.54) is 19.2 Å². The van der Waals surface area contributed by atoms with Crippen LogP contribution in [0.3, 0.4) is 0 Å². The zero-order chi connectivity index (χ0) is 18.0. The lowest BCUT2D eigenvalue weighted by Crippen LogP contribution is -2.18. The number of nitro benzene ring substituents is 1. The van der Waals surface area contributed by atoms with Crippen molar-refractivity contribution in [2.45, 2.75) is 13.5 Å². The predicted molar refractivity (Wildman–Crippen MR) is 95.0 cm³/mol. The molecule has 0 aliphatic heterocycles. The lowest BCUT2D eigenvalue weighted by molar-refractivity contribution is -0.384. The number of fused-ring (bicyclic) bond motifs is 1. The molecule has 1 amide bonds. The first kappa shape index (κ1) is 16.5. The van der Waals surface area contributed by atoms with Gasteiger partial charge in [-0.05, 0) is 42.6 Å². The van der Waals surface area contributed by atoms with Crippen molar-refractivity contribution in [3.05, 3.63) is 64.3 Å². The van der Waals surface area contributed by atoms with Crippen LogP contribution >= 0.6 is 0 Å². The Morgan fingerprint density at radius 3 is 2.76 bits per heavy atom. The van der Waals surface area contributed by atoms with Gasteiger partial charge in [-0.2, -0.15) is 0 Å². The molecule has 7 nitrogen and oxygen atoms in total. The van der Waals surface area contributed by atoms with Crippen molar-refractivity contribution in [1.29, 1.82) is 0 Å². The summed E-state index contributed by atoms with van der Waals surface area (Å²) in [6.07, 6.45) is 1.83. The summed E-state index contributed by atoms with van der Waals surface area (Å²) >= 11 is 0. The molecule has 0 aliphatic carbocycles. The van der Waals surface area contributed by atoms with Crippen molar-refractivity contribution < 1.29 is 14.5 Å². The molecule has 0 unspecified atom stereocenters. The minimum absolute atomic E-state index is 0.0652. The van der Waals surface area contributed by atoms with Gasteiger partial charge in [-0.1, -0.05) is 11.6 Å². The molecule has 3 aromatic rings. The molecule has 25 heavy (non-hydrogen) atoms. The van der Waals surface area contributed by atoms with Gasteiger partial charge in [-0.3, -0.25) is 14.9 Å². The number of hydrogen-bond donors (Lipinski definition) is 1. The van der Waals surface area contributed by atoms with Crippen LogP contribution in [-0.2, 0) is 11.3 Å². The second kappa shape index (κ2) is 6.64. The van der Waals surface area contributed by atoms with E-state index in [2.05, 4.69) is 5.32 Å². The molecule has 0 spiro atoms. The minimum Gasteiger partial charge on any atom is -0.496 e. The summed E-state index contributed by atoms with van der Waals surface area (Å²) in [5.41, 5.74) is 2.01. The summed E-state index contributed by atoms with van der Waals surface area (Å²) in [4.78, 5) is 23.0. The smallest absolute Gasteiger partial charge is 0.296 e. The summed E-state index contributed by atoms with van der Waals surface area (Å²) in [6, 6.07) is 12.2. The number of aromatic nitrogens is 1. The molecule has 1 aromatic heterocycles. The Bertz CT molecular complexity index is 962. The molecule has 0 saturated carbocycles. The van der Waals surface area contributed by atoms with Gasteiger partial charge in [0.2, 0.25) is 5.91 Å². The number of carbonyl (C=O) groups excluding carboxylic acids is 1. The van der Waals surface area contributed by atoms with Gasteiger partial charge in [0.15, 0.2) is 0 Å². The standard InChI is InChI=1S/C18H17N3O4/c1-12-3-6-16-13(9-12)7-8-20(16)11-18(22)19-15-5-4-14(25-2)10-17(15)21(23)24/h3-10H,11H2,1-2H3,(H,19,22). The normalized spacial score (nSPS) is 10.6. The van der Waals surface area contributed by atoms with E-state index in [0.29, 0.717) is 5.75 Å². The fourth-order valence-corrected chi connectivity index (χ4v) is 2.70. The number of nitrogens with one attached hydrogen (secondary N) is 1. The Morgan fingerprint density at radius 2 is 2.04 bits per heavy atom. The van der Waals surface area contributed by atoms with Gasteiger partial charge in [0.25, 0.3) is 5.69 Å². The van der Waals surface area contributed by atoms with Crippen molar-refractivity contribution >= 4 is 28.2 Å². The highest BCUT2D eigenvalue weighted by Gasteiger charge is 2.17. The SMILES string of the molecule is COc1ccc(NC(=O)Cn2ccc3cc(C)ccc32)c([N+](=O)[O-])c1. The third kappa shape index (κ3) is 3.45. The minimum atomic E-state index is -0.550. The third-order valence-electron chi connectivity index (χ3n) is 3.92. The highest BCUT2D eigenvalue weighted by molar-refractivity contribution is 5.94. The van der Waals surface area contributed by atoms with Gasteiger partial charge < -0.3 is 14.6 Å². The van der Waals surface area contributed by atoms with Gasteiger partial charge in [0.05, 0.1) is 18.1 Å². The molecule has 0 bridgehead atoms. The van der Waals surface area contributed by atoms with E-state index in [1.807, 2.05) is 37.4 Å². The van der Waals surface area contributed by atoms with Gasteiger partial charge in [-0.15, -0.1) is 0 Å². The molecule has 128 valence electrons. The fourth-order valence-electron chi connectivity index (χ4n) is 2.70. The number of aryl methyl sites for hydroxylation is 1. The number of hydrogen-bond acceptors (Lipinski definition) is 4. The first-order valence-corrected chi connectivity index (χ1v) is 7.65. The molecular formula is C18H17N3O4. The number of benzene rings is 2. The highest BCUT2D eigenvalue weighted by atomic mass is 16.6. The molecule has 0 radical (unpaired) electrons. The van der Waals surface area contributed by atoms with Crippen molar-refractivity contribution in [3.8, 4) is 5.75 Å². The molecule has 7 heteroatoms. The number of nitro groups is 1. The van der Waals surface area contributed by atoms with Crippen LogP contribution in [0.25, 0.3) is 10.9 Å². The number of carbonyl (C=O) groups is 1.